The summed E-state index contributed by atoms with van der Waals surface area (Å²) in [5, 5.41) is 0. The number of carbonyl (C=O) groups excluding carboxylic acids is 1. The van der Waals surface area contributed by atoms with E-state index in [2.05, 4.69) is 4.90 Å². The van der Waals surface area contributed by atoms with Crippen LogP contribution in [0.3, 0.4) is 0 Å². The summed E-state index contributed by atoms with van der Waals surface area (Å²) >= 11 is 0. The SMILES string of the molecule is O=CN1[C@@H]2[C@H]3CCC[C@@]24C[C@@H]2CCCC[C@]21O[C@]41CCCC[C@H]1C3. The van der Waals surface area contributed by atoms with Gasteiger partial charge in [0.15, 0.2) is 0 Å². The van der Waals surface area contributed by atoms with Gasteiger partial charge in [-0.3, -0.25) is 4.79 Å². The molecule has 0 radical (unpaired) electrons. The van der Waals surface area contributed by atoms with E-state index < -0.39 is 0 Å². The van der Waals surface area contributed by atoms with Gasteiger partial charge in [0.05, 0.1) is 5.60 Å². The molecule has 3 heteroatoms. The second-order valence-corrected chi connectivity index (χ2v) is 9.93. The predicted octanol–water partition coefficient (Wildman–Crippen LogP) is 4.25. The van der Waals surface area contributed by atoms with Gasteiger partial charge in [0, 0.05) is 17.4 Å². The Hall–Kier alpha value is -0.570. The second kappa shape index (κ2) is 4.58. The Bertz CT molecular complexity index is 578. The minimum atomic E-state index is -0.224. The Balaban J connectivity index is 1.58. The number of rotatable bonds is 1. The highest BCUT2D eigenvalue weighted by atomic mass is 16.6. The molecule has 24 heavy (non-hydrogen) atoms. The van der Waals surface area contributed by atoms with E-state index in [1.807, 2.05) is 0 Å². The fourth-order valence-electron chi connectivity index (χ4n) is 8.95. The Kier molecular flexibility index (Phi) is 2.78. The maximum atomic E-state index is 12.3. The highest BCUT2D eigenvalue weighted by Gasteiger charge is 2.78. The van der Waals surface area contributed by atoms with Gasteiger partial charge in [0.2, 0.25) is 6.41 Å². The van der Waals surface area contributed by atoms with Crippen molar-refractivity contribution in [3.05, 3.63) is 0 Å². The quantitative estimate of drug-likeness (QED) is 0.673. The number of piperidine rings is 1. The first-order chi connectivity index (χ1) is 11.8. The molecule has 0 aromatic carbocycles. The highest BCUT2D eigenvalue weighted by Crippen LogP contribution is 2.74. The monoisotopic (exact) mass is 329 g/mol. The van der Waals surface area contributed by atoms with Gasteiger partial charge >= 0.3 is 0 Å². The molecule has 7 aliphatic rings. The molecular weight excluding hydrogens is 298 g/mol. The van der Waals surface area contributed by atoms with E-state index in [-0.39, 0.29) is 11.3 Å². The molecule has 7 rings (SSSR count). The van der Waals surface area contributed by atoms with Crippen molar-refractivity contribution in [3.8, 4) is 0 Å². The van der Waals surface area contributed by atoms with E-state index in [0.717, 1.165) is 18.3 Å². The summed E-state index contributed by atoms with van der Waals surface area (Å²) in [7, 11) is 0. The largest absolute Gasteiger partial charge is 0.348 e. The average Bonchev–Trinajstić information content (AvgIpc) is 2.60. The molecule has 132 valence electrons. The Labute approximate surface area is 145 Å². The van der Waals surface area contributed by atoms with Crippen molar-refractivity contribution < 1.29 is 9.53 Å². The van der Waals surface area contributed by atoms with Gasteiger partial charge in [-0.1, -0.05) is 25.7 Å². The molecule has 0 aromatic heterocycles. The summed E-state index contributed by atoms with van der Waals surface area (Å²) in [6, 6.07) is 0.501. The molecule has 0 aromatic rings. The summed E-state index contributed by atoms with van der Waals surface area (Å²) < 4.78 is 7.31. The van der Waals surface area contributed by atoms with Gasteiger partial charge in [-0.15, -0.1) is 0 Å². The Morgan fingerprint density at radius 3 is 2.62 bits per heavy atom. The molecule has 3 saturated heterocycles. The van der Waals surface area contributed by atoms with Gasteiger partial charge in [0.1, 0.15) is 5.72 Å². The van der Waals surface area contributed by atoms with Crippen molar-refractivity contribution >= 4 is 6.41 Å². The van der Waals surface area contributed by atoms with Crippen LogP contribution >= 0.6 is 0 Å². The zero-order chi connectivity index (χ0) is 16.0. The van der Waals surface area contributed by atoms with E-state index in [9.17, 15) is 4.79 Å². The molecule has 3 nitrogen and oxygen atoms in total. The molecule has 1 amide bonds. The third-order valence-corrected chi connectivity index (χ3v) is 9.45. The van der Waals surface area contributed by atoms with Crippen molar-refractivity contribution in [2.24, 2.45) is 23.2 Å². The third-order valence-electron chi connectivity index (χ3n) is 9.45. The van der Waals surface area contributed by atoms with Gasteiger partial charge in [-0.25, -0.2) is 0 Å². The lowest BCUT2D eigenvalue weighted by Crippen LogP contribution is -2.86. The number of hydrogen-bond acceptors (Lipinski definition) is 2. The Morgan fingerprint density at radius 1 is 0.917 bits per heavy atom. The van der Waals surface area contributed by atoms with Crippen molar-refractivity contribution in [3.63, 3.8) is 0 Å². The molecule has 4 aliphatic carbocycles. The van der Waals surface area contributed by atoms with Crippen LogP contribution in [0.15, 0.2) is 0 Å². The maximum Gasteiger partial charge on any atom is 0.212 e. The van der Waals surface area contributed by atoms with Crippen LogP contribution in [0.1, 0.15) is 83.5 Å². The molecule has 7 fully saturated rings. The van der Waals surface area contributed by atoms with E-state index in [4.69, 9.17) is 4.74 Å². The molecule has 7 atom stereocenters. The van der Waals surface area contributed by atoms with Crippen LogP contribution in [0.25, 0.3) is 0 Å². The smallest absolute Gasteiger partial charge is 0.212 e. The van der Waals surface area contributed by atoms with Crippen molar-refractivity contribution in [2.45, 2.75) is 101 Å². The van der Waals surface area contributed by atoms with Crippen molar-refractivity contribution in [1.82, 2.24) is 4.90 Å². The molecule has 3 aliphatic heterocycles. The van der Waals surface area contributed by atoms with Crippen LogP contribution in [0.4, 0.5) is 0 Å². The van der Waals surface area contributed by atoms with Gasteiger partial charge in [0.25, 0.3) is 0 Å². The van der Waals surface area contributed by atoms with E-state index in [1.54, 1.807) is 0 Å². The zero-order valence-corrected chi connectivity index (χ0v) is 14.8. The molecule has 0 unspecified atom stereocenters. The lowest BCUT2D eigenvalue weighted by molar-refractivity contribution is -0.432. The summed E-state index contributed by atoms with van der Waals surface area (Å²) in [4.78, 5) is 14.6. The number of amides is 1. The highest BCUT2D eigenvalue weighted by molar-refractivity contribution is 5.53. The van der Waals surface area contributed by atoms with E-state index >= 15 is 0 Å². The van der Waals surface area contributed by atoms with E-state index in [0.29, 0.717) is 17.4 Å². The Morgan fingerprint density at radius 2 is 1.75 bits per heavy atom. The van der Waals surface area contributed by atoms with Crippen LogP contribution < -0.4 is 0 Å². The topological polar surface area (TPSA) is 29.5 Å². The van der Waals surface area contributed by atoms with Crippen LogP contribution in [0.2, 0.25) is 0 Å². The van der Waals surface area contributed by atoms with Crippen LogP contribution in [-0.2, 0) is 9.53 Å². The lowest BCUT2D eigenvalue weighted by Gasteiger charge is -2.80. The molecule has 5 bridgehead atoms. The summed E-state index contributed by atoms with van der Waals surface area (Å²) in [6.45, 7) is 0. The molecular formula is C21H31NO2. The van der Waals surface area contributed by atoms with Crippen LogP contribution in [0.5, 0.6) is 0 Å². The first-order valence-electron chi connectivity index (χ1n) is 10.7. The van der Waals surface area contributed by atoms with E-state index in [1.165, 1.54) is 83.5 Å². The minimum absolute atomic E-state index is 0.125. The average molecular weight is 329 g/mol. The lowest BCUT2D eigenvalue weighted by atomic mass is 9.39. The number of ether oxygens (including phenoxy) is 1. The molecule has 0 N–H and O–H groups in total. The van der Waals surface area contributed by atoms with Gasteiger partial charge < -0.3 is 9.64 Å². The van der Waals surface area contributed by atoms with Crippen LogP contribution in [-0.4, -0.2) is 28.7 Å². The number of hydrogen-bond donors (Lipinski definition) is 0. The van der Waals surface area contributed by atoms with Gasteiger partial charge in [-0.05, 0) is 69.6 Å². The third kappa shape index (κ3) is 1.38. The number of carbonyl (C=O) groups is 1. The van der Waals surface area contributed by atoms with Crippen molar-refractivity contribution in [1.29, 1.82) is 0 Å². The minimum Gasteiger partial charge on any atom is -0.348 e. The first kappa shape index (κ1) is 14.6. The molecule has 3 spiro atoms. The van der Waals surface area contributed by atoms with Gasteiger partial charge in [-0.2, -0.15) is 0 Å². The predicted molar refractivity (Wildman–Crippen MR) is 91.2 cm³/mol. The fourth-order valence-corrected chi connectivity index (χ4v) is 8.95. The molecule has 4 saturated carbocycles. The summed E-state index contributed by atoms with van der Waals surface area (Å²) in [6.07, 6.45) is 18.3. The fraction of sp³-hybridized carbons (Fsp3) is 0.952. The summed E-state index contributed by atoms with van der Waals surface area (Å²) in [5.41, 5.74) is 0.197. The normalized spacial score (nSPS) is 57.9. The maximum absolute atomic E-state index is 12.3. The standard InChI is InChI=1S/C21H31NO2/c23-14-22-18-15-6-5-9-19(18)13-17-8-2-4-11-21(17,22)24-20(19)10-3-1-7-16(20)12-15/h14-18H,1-13H2/t15-,16-,17-,18+,19+,20-,21-/m0/s1. The van der Waals surface area contributed by atoms with Crippen molar-refractivity contribution in [2.75, 3.05) is 0 Å². The first-order valence-corrected chi connectivity index (χ1v) is 10.7. The van der Waals surface area contributed by atoms with Crippen LogP contribution in [0, 0.1) is 23.2 Å². The summed E-state index contributed by atoms with van der Waals surface area (Å²) in [5.74, 6) is 2.14. The zero-order valence-electron chi connectivity index (χ0n) is 14.8. The molecule has 3 heterocycles. The second-order valence-electron chi connectivity index (χ2n) is 9.93. The number of nitrogens with zero attached hydrogens (tertiary/aromatic N) is 1.